The predicted octanol–water partition coefficient (Wildman–Crippen LogP) is 6.27. The molecular formula is C29H40Cl2FN3O3. The number of aliphatic carboxylic acids is 1. The molecule has 3 aromatic rings. The van der Waals surface area contributed by atoms with Crippen LogP contribution in [0.4, 0.5) is 4.39 Å². The largest absolute Gasteiger partial charge is 0.479 e. The predicted molar refractivity (Wildman–Crippen MR) is 154 cm³/mol. The molecule has 2 N–H and O–H groups in total. The molecule has 38 heavy (non-hydrogen) atoms. The number of methoxy groups -OCH3 is 1. The number of halogens is 3. The smallest absolute Gasteiger partial charge is 0.333 e. The number of imidazole rings is 1. The van der Waals surface area contributed by atoms with Gasteiger partial charge in [0.15, 0.2) is 6.10 Å². The molecule has 9 heteroatoms. The maximum absolute atomic E-state index is 14.1. The van der Waals surface area contributed by atoms with E-state index >= 15 is 0 Å². The van der Waals surface area contributed by atoms with Gasteiger partial charge in [-0.15, -0.1) is 24.8 Å². The Morgan fingerprint density at radius 3 is 2.58 bits per heavy atom. The number of aromatic nitrogens is 2. The summed E-state index contributed by atoms with van der Waals surface area (Å²) in [7, 11) is 3.56. The van der Waals surface area contributed by atoms with Crippen molar-refractivity contribution in [3.63, 3.8) is 0 Å². The number of carboxylic acid groups (broad SMARTS) is 1. The molecule has 0 bridgehead atoms. The Bertz CT molecular complexity index is 1190. The van der Waals surface area contributed by atoms with E-state index in [0.29, 0.717) is 12.8 Å². The number of benzene rings is 2. The van der Waals surface area contributed by atoms with Crippen molar-refractivity contribution in [1.82, 2.24) is 14.9 Å². The van der Waals surface area contributed by atoms with Gasteiger partial charge >= 0.3 is 5.97 Å². The summed E-state index contributed by atoms with van der Waals surface area (Å²) in [5.41, 5.74) is 3.35. The van der Waals surface area contributed by atoms with E-state index in [4.69, 9.17) is 4.74 Å². The molecule has 210 valence electrons. The number of para-hydroxylation sites is 2. The summed E-state index contributed by atoms with van der Waals surface area (Å²) >= 11 is 0. The average Bonchev–Trinajstić information content (AvgIpc) is 3.26. The number of H-pyrrole nitrogens is 1. The monoisotopic (exact) mass is 567 g/mol. The van der Waals surface area contributed by atoms with Gasteiger partial charge in [0, 0.05) is 25.0 Å². The maximum Gasteiger partial charge on any atom is 0.333 e. The summed E-state index contributed by atoms with van der Waals surface area (Å²) in [5, 5.41) is 10.3. The number of fused-ring (bicyclic) bond motifs is 2. The minimum absolute atomic E-state index is 0. The van der Waals surface area contributed by atoms with Crippen molar-refractivity contribution in [3.8, 4) is 0 Å². The van der Waals surface area contributed by atoms with Crippen molar-refractivity contribution in [3.05, 3.63) is 65.2 Å². The van der Waals surface area contributed by atoms with Crippen LogP contribution < -0.4 is 0 Å². The number of nitrogens with one attached hydrogen (secondary N) is 1. The molecule has 4 rings (SSSR count). The van der Waals surface area contributed by atoms with Crippen LogP contribution in [0.15, 0.2) is 42.5 Å². The fraction of sp³-hybridized carbons (Fsp3) is 0.517. The van der Waals surface area contributed by atoms with Crippen LogP contribution in [0.25, 0.3) is 11.0 Å². The molecule has 1 aliphatic rings. The zero-order valence-electron chi connectivity index (χ0n) is 22.7. The van der Waals surface area contributed by atoms with Crippen molar-refractivity contribution in [2.24, 2.45) is 11.3 Å². The second kappa shape index (κ2) is 13.2. The van der Waals surface area contributed by atoms with Crippen LogP contribution in [-0.2, 0) is 22.4 Å². The quantitative estimate of drug-likeness (QED) is 0.302. The van der Waals surface area contributed by atoms with E-state index in [0.717, 1.165) is 47.4 Å². The van der Waals surface area contributed by atoms with E-state index < -0.39 is 17.5 Å². The van der Waals surface area contributed by atoms with Crippen molar-refractivity contribution in [2.45, 2.75) is 64.5 Å². The Morgan fingerprint density at radius 1 is 1.24 bits per heavy atom. The van der Waals surface area contributed by atoms with Crippen molar-refractivity contribution >= 4 is 41.8 Å². The molecule has 1 heterocycles. The minimum Gasteiger partial charge on any atom is -0.479 e. The van der Waals surface area contributed by atoms with Gasteiger partial charge in [0.25, 0.3) is 0 Å². The van der Waals surface area contributed by atoms with E-state index in [2.05, 4.69) is 42.7 Å². The minimum atomic E-state index is -0.976. The molecule has 2 aromatic carbocycles. The fourth-order valence-corrected chi connectivity index (χ4v) is 6.63. The van der Waals surface area contributed by atoms with Crippen molar-refractivity contribution in [2.75, 3.05) is 20.7 Å². The van der Waals surface area contributed by atoms with Crippen LogP contribution in [0.5, 0.6) is 0 Å². The highest BCUT2D eigenvalue weighted by Crippen LogP contribution is 2.55. The SMILES string of the molecule is CO[C@H](C(=O)O)C1(C(C)N(C)CCCc2nc3ccccc3[nH]2)CCc2cc(F)ccc2C1C(C)C.Cl.Cl. The number of ether oxygens (including phenoxy) is 1. The highest BCUT2D eigenvalue weighted by atomic mass is 35.5. The topological polar surface area (TPSA) is 78.5 Å². The Kier molecular flexibility index (Phi) is 11.2. The molecule has 0 saturated carbocycles. The third-order valence-electron chi connectivity index (χ3n) is 8.26. The molecule has 0 fully saturated rings. The van der Waals surface area contributed by atoms with E-state index in [-0.39, 0.29) is 48.5 Å². The third kappa shape index (κ3) is 6.01. The van der Waals surface area contributed by atoms with Gasteiger partial charge in [-0.25, -0.2) is 14.2 Å². The molecule has 0 aliphatic heterocycles. The highest BCUT2D eigenvalue weighted by Gasteiger charge is 2.56. The average molecular weight is 569 g/mol. The molecule has 4 atom stereocenters. The number of aryl methyl sites for hydroxylation is 2. The highest BCUT2D eigenvalue weighted by molar-refractivity contribution is 5.85. The lowest BCUT2D eigenvalue weighted by Crippen LogP contribution is -2.60. The van der Waals surface area contributed by atoms with E-state index in [1.54, 1.807) is 6.07 Å². The summed E-state index contributed by atoms with van der Waals surface area (Å²) in [6, 6.07) is 12.9. The summed E-state index contributed by atoms with van der Waals surface area (Å²) < 4.78 is 19.8. The first-order valence-corrected chi connectivity index (χ1v) is 12.9. The summed E-state index contributed by atoms with van der Waals surface area (Å²) in [5.74, 6) is -0.174. The van der Waals surface area contributed by atoms with Crippen molar-refractivity contribution < 1.29 is 19.0 Å². The van der Waals surface area contributed by atoms with Gasteiger partial charge in [-0.1, -0.05) is 32.0 Å². The van der Waals surface area contributed by atoms with Gasteiger partial charge in [-0.3, -0.25) is 0 Å². The molecule has 0 radical (unpaired) electrons. The first-order valence-electron chi connectivity index (χ1n) is 12.9. The van der Waals surface area contributed by atoms with Crippen molar-refractivity contribution in [1.29, 1.82) is 0 Å². The number of nitrogens with zero attached hydrogens (tertiary/aromatic N) is 2. The van der Waals surface area contributed by atoms with Crippen LogP contribution in [0.1, 0.15) is 56.5 Å². The number of aromatic amines is 1. The number of carboxylic acids is 1. The zero-order chi connectivity index (χ0) is 26.0. The van der Waals surface area contributed by atoms with E-state index in [1.165, 1.54) is 13.2 Å². The summed E-state index contributed by atoms with van der Waals surface area (Å²) in [6.07, 6.45) is 1.96. The van der Waals surface area contributed by atoms with Crippen LogP contribution in [0.2, 0.25) is 0 Å². The van der Waals surface area contributed by atoms with Gasteiger partial charge in [0.1, 0.15) is 11.6 Å². The van der Waals surface area contributed by atoms with Crippen LogP contribution in [0.3, 0.4) is 0 Å². The number of hydrogen-bond acceptors (Lipinski definition) is 4. The number of carbonyl (C=O) groups is 1. The lowest BCUT2D eigenvalue weighted by molar-refractivity contribution is -0.167. The molecule has 1 aliphatic carbocycles. The Morgan fingerprint density at radius 2 is 1.95 bits per heavy atom. The lowest BCUT2D eigenvalue weighted by atomic mass is 9.54. The first kappa shape index (κ1) is 32.0. The van der Waals surface area contributed by atoms with Gasteiger partial charge in [-0.2, -0.15) is 0 Å². The zero-order valence-corrected chi connectivity index (χ0v) is 24.4. The molecule has 0 saturated heterocycles. The number of rotatable bonds is 10. The van der Waals surface area contributed by atoms with Crippen LogP contribution in [0, 0.1) is 17.2 Å². The van der Waals surface area contributed by atoms with Gasteiger partial charge in [0.2, 0.25) is 0 Å². The second-order valence-electron chi connectivity index (χ2n) is 10.6. The molecule has 1 aromatic heterocycles. The number of hydrogen-bond donors (Lipinski definition) is 2. The third-order valence-corrected chi connectivity index (χ3v) is 8.26. The first-order chi connectivity index (χ1) is 17.2. The molecular weight excluding hydrogens is 528 g/mol. The van der Waals surface area contributed by atoms with Crippen LogP contribution >= 0.6 is 24.8 Å². The standard InChI is InChI=1S/C29H38FN3O3.2ClH/c1-18(2)26-22-13-12-21(30)17-20(22)14-15-29(26,27(36-5)28(34)35)19(3)33(4)16-8-11-25-31-23-9-6-7-10-24(23)32-25;;/h6-7,9-10,12-13,17-19,26-27H,8,11,14-16H2,1-5H3,(H,31,32)(H,34,35);2*1H/t19?,26?,27-,29?;;/m1../s1. The van der Waals surface area contributed by atoms with Gasteiger partial charge in [0.05, 0.1) is 11.0 Å². The van der Waals surface area contributed by atoms with Gasteiger partial charge < -0.3 is 19.7 Å². The Balaban J connectivity index is 0.00000253. The molecule has 3 unspecified atom stereocenters. The second-order valence-corrected chi connectivity index (χ2v) is 10.6. The van der Waals surface area contributed by atoms with E-state index in [1.807, 2.05) is 30.3 Å². The Labute approximate surface area is 237 Å². The van der Waals surface area contributed by atoms with Gasteiger partial charge in [-0.05, 0) is 87.0 Å². The summed E-state index contributed by atoms with van der Waals surface area (Å²) in [6.45, 7) is 7.17. The van der Waals surface area contributed by atoms with E-state index in [9.17, 15) is 14.3 Å². The lowest BCUT2D eigenvalue weighted by Gasteiger charge is -2.55. The maximum atomic E-state index is 14.1. The molecule has 0 spiro atoms. The summed E-state index contributed by atoms with van der Waals surface area (Å²) in [4.78, 5) is 22.9. The molecule has 6 nitrogen and oxygen atoms in total. The Hall–Kier alpha value is -2.19. The normalized spacial score (nSPS) is 20.5. The fourth-order valence-electron chi connectivity index (χ4n) is 6.63. The van der Waals surface area contributed by atoms with Crippen LogP contribution in [-0.4, -0.2) is 58.8 Å². The molecule has 0 amide bonds.